The number of imidazole rings is 1. The van der Waals surface area contributed by atoms with E-state index in [0.717, 1.165) is 40.6 Å². The van der Waals surface area contributed by atoms with E-state index in [4.69, 9.17) is 4.98 Å². The van der Waals surface area contributed by atoms with Crippen LogP contribution in [-0.2, 0) is 12.8 Å². The third-order valence-electron chi connectivity index (χ3n) is 7.97. The lowest BCUT2D eigenvalue weighted by Crippen LogP contribution is -1.95. The van der Waals surface area contributed by atoms with Crippen LogP contribution in [0, 0.1) is 0 Å². The van der Waals surface area contributed by atoms with Gasteiger partial charge >= 0.3 is 0 Å². The molecule has 0 bridgehead atoms. The second-order valence-electron chi connectivity index (χ2n) is 9.70. The lowest BCUT2D eigenvalue weighted by Gasteiger charge is -2.12. The van der Waals surface area contributed by atoms with E-state index < -0.39 is 0 Å². The molecule has 0 radical (unpaired) electrons. The van der Waals surface area contributed by atoms with E-state index in [1.807, 2.05) is 24.7 Å². The molecule has 4 heterocycles. The van der Waals surface area contributed by atoms with Crippen molar-refractivity contribution in [2.45, 2.75) is 12.8 Å². The number of fused-ring (bicyclic) bond motifs is 15. The molecule has 0 amide bonds. The number of pyridine rings is 3. The van der Waals surface area contributed by atoms with Crippen molar-refractivity contribution in [3.63, 3.8) is 0 Å². The summed E-state index contributed by atoms with van der Waals surface area (Å²) in [5.41, 5.74) is 15.0. The molecule has 0 fully saturated rings. The van der Waals surface area contributed by atoms with Crippen molar-refractivity contribution in [2.24, 2.45) is 0 Å². The predicted molar refractivity (Wildman–Crippen MR) is 140 cm³/mol. The van der Waals surface area contributed by atoms with E-state index in [0.29, 0.717) is 0 Å². The van der Waals surface area contributed by atoms with Crippen molar-refractivity contribution < 1.29 is 0 Å². The third kappa shape index (κ3) is 2.15. The highest BCUT2D eigenvalue weighted by atomic mass is 15.1. The van der Waals surface area contributed by atoms with Crippen LogP contribution in [0.15, 0.2) is 85.3 Å². The van der Waals surface area contributed by atoms with E-state index in [9.17, 15) is 0 Å². The van der Waals surface area contributed by atoms with Crippen molar-refractivity contribution >= 4 is 38.5 Å². The fourth-order valence-corrected chi connectivity index (χ4v) is 6.51. The Labute approximate surface area is 200 Å². The van der Waals surface area contributed by atoms with Crippen molar-refractivity contribution in [1.29, 1.82) is 0 Å². The first-order valence-electron chi connectivity index (χ1n) is 12.0. The molecule has 0 aliphatic heterocycles. The average molecular weight is 447 g/mol. The van der Waals surface area contributed by atoms with Crippen molar-refractivity contribution in [3.8, 4) is 22.3 Å². The van der Waals surface area contributed by atoms with Crippen LogP contribution in [-0.4, -0.2) is 19.4 Å². The molecule has 4 aromatic heterocycles. The fraction of sp³-hybridized carbons (Fsp3) is 0.0645. The highest BCUT2D eigenvalue weighted by Crippen LogP contribution is 2.48. The molecule has 0 saturated carbocycles. The Balaban J connectivity index is 1.40. The van der Waals surface area contributed by atoms with Crippen LogP contribution in [0.4, 0.5) is 0 Å². The van der Waals surface area contributed by atoms with Gasteiger partial charge in [0.25, 0.3) is 0 Å². The summed E-state index contributed by atoms with van der Waals surface area (Å²) in [6.45, 7) is 0. The molecule has 162 valence electrons. The lowest BCUT2D eigenvalue weighted by molar-refractivity contribution is 1.22. The summed E-state index contributed by atoms with van der Waals surface area (Å²) in [5, 5.41) is 3.60. The van der Waals surface area contributed by atoms with E-state index in [1.165, 1.54) is 55.3 Å². The number of benzene rings is 3. The number of aromatic nitrogens is 4. The fourth-order valence-electron chi connectivity index (χ4n) is 6.51. The highest BCUT2D eigenvalue weighted by molar-refractivity contribution is 6.17. The summed E-state index contributed by atoms with van der Waals surface area (Å²) in [5.74, 6) is 0. The second-order valence-corrected chi connectivity index (χ2v) is 9.70. The van der Waals surface area contributed by atoms with Gasteiger partial charge in [-0.15, -0.1) is 0 Å². The van der Waals surface area contributed by atoms with Gasteiger partial charge in [-0.1, -0.05) is 36.4 Å². The molecule has 2 aliphatic rings. The van der Waals surface area contributed by atoms with Crippen LogP contribution >= 0.6 is 0 Å². The zero-order valence-electron chi connectivity index (χ0n) is 18.8. The molecule has 0 saturated heterocycles. The summed E-state index contributed by atoms with van der Waals surface area (Å²) in [6, 6.07) is 24.4. The van der Waals surface area contributed by atoms with Crippen LogP contribution in [0.25, 0.3) is 60.7 Å². The maximum absolute atomic E-state index is 4.98. The maximum Gasteiger partial charge on any atom is 0.178 e. The second kappa shape index (κ2) is 6.10. The Morgan fingerprint density at radius 2 is 1.57 bits per heavy atom. The van der Waals surface area contributed by atoms with E-state index in [1.54, 1.807) is 0 Å². The van der Waals surface area contributed by atoms with Crippen molar-refractivity contribution in [2.75, 3.05) is 0 Å². The molecule has 0 unspecified atom stereocenters. The predicted octanol–water partition coefficient (Wildman–Crippen LogP) is 6.73. The van der Waals surface area contributed by atoms with Crippen LogP contribution < -0.4 is 0 Å². The Morgan fingerprint density at radius 3 is 2.57 bits per heavy atom. The minimum Gasteiger partial charge on any atom is -0.290 e. The quantitative estimate of drug-likeness (QED) is 0.243. The monoisotopic (exact) mass is 446 g/mol. The topological polar surface area (TPSA) is 43.1 Å². The van der Waals surface area contributed by atoms with Gasteiger partial charge < -0.3 is 0 Å². The van der Waals surface area contributed by atoms with E-state index in [2.05, 4.69) is 75.0 Å². The SMILES string of the molecule is c1ccc2c(c1)Cc1cc3c(cc1-2)-c1ccc2c(c1C3)c1cnccc1n1c3cccnc3nc21. The Kier molecular flexibility index (Phi) is 3.11. The van der Waals surface area contributed by atoms with Gasteiger partial charge in [-0.3, -0.25) is 9.38 Å². The normalized spacial score (nSPS) is 13.5. The van der Waals surface area contributed by atoms with Crippen LogP contribution in [0.5, 0.6) is 0 Å². The first-order chi connectivity index (χ1) is 17.3. The van der Waals surface area contributed by atoms with Gasteiger partial charge in [-0.25, -0.2) is 9.97 Å². The summed E-state index contributed by atoms with van der Waals surface area (Å²) >= 11 is 0. The molecule has 0 atom stereocenters. The van der Waals surface area contributed by atoms with E-state index in [-0.39, 0.29) is 0 Å². The molecule has 35 heavy (non-hydrogen) atoms. The van der Waals surface area contributed by atoms with Gasteiger partial charge in [-0.05, 0) is 87.7 Å². The molecular formula is C31H18N4. The van der Waals surface area contributed by atoms with Gasteiger partial charge in [0, 0.05) is 34.7 Å². The summed E-state index contributed by atoms with van der Waals surface area (Å²) in [4.78, 5) is 14.1. The first-order valence-corrected chi connectivity index (χ1v) is 12.0. The summed E-state index contributed by atoms with van der Waals surface area (Å²) in [7, 11) is 0. The third-order valence-corrected chi connectivity index (χ3v) is 7.97. The van der Waals surface area contributed by atoms with Gasteiger partial charge in [0.1, 0.15) is 5.65 Å². The molecule has 4 nitrogen and oxygen atoms in total. The molecule has 9 rings (SSSR count). The smallest absolute Gasteiger partial charge is 0.178 e. The largest absolute Gasteiger partial charge is 0.290 e. The summed E-state index contributed by atoms with van der Waals surface area (Å²) < 4.78 is 2.24. The van der Waals surface area contributed by atoms with Gasteiger partial charge in [0.2, 0.25) is 0 Å². The zero-order valence-corrected chi connectivity index (χ0v) is 18.8. The minimum atomic E-state index is 0.775. The number of nitrogens with zero attached hydrogens (tertiary/aromatic N) is 4. The lowest BCUT2D eigenvalue weighted by atomic mass is 9.96. The van der Waals surface area contributed by atoms with Gasteiger partial charge in [-0.2, -0.15) is 0 Å². The Morgan fingerprint density at radius 1 is 0.657 bits per heavy atom. The van der Waals surface area contributed by atoms with Gasteiger partial charge in [0.05, 0.1) is 11.0 Å². The van der Waals surface area contributed by atoms with Crippen LogP contribution in [0.2, 0.25) is 0 Å². The molecular weight excluding hydrogens is 428 g/mol. The molecule has 0 N–H and O–H groups in total. The highest BCUT2D eigenvalue weighted by Gasteiger charge is 2.28. The molecule has 3 aromatic carbocycles. The maximum atomic E-state index is 4.98. The van der Waals surface area contributed by atoms with Crippen molar-refractivity contribution in [1.82, 2.24) is 19.4 Å². The van der Waals surface area contributed by atoms with Crippen LogP contribution in [0.3, 0.4) is 0 Å². The Hall–Kier alpha value is -4.57. The Bertz CT molecular complexity index is 2070. The molecule has 0 spiro atoms. The van der Waals surface area contributed by atoms with Gasteiger partial charge in [0.15, 0.2) is 5.65 Å². The molecule has 2 aliphatic carbocycles. The first kappa shape index (κ1) is 17.8. The average Bonchev–Trinajstić information content (AvgIpc) is 3.58. The number of hydrogen-bond donors (Lipinski definition) is 0. The van der Waals surface area contributed by atoms with E-state index >= 15 is 0 Å². The number of hydrogen-bond acceptors (Lipinski definition) is 3. The zero-order chi connectivity index (χ0) is 22.7. The number of rotatable bonds is 0. The van der Waals surface area contributed by atoms with Crippen molar-refractivity contribution in [3.05, 3.63) is 108 Å². The standard InChI is InChI=1S/C31H18N4/c1-2-5-20-17(4-1)12-18-13-19-14-25-21(24(19)15-23(18)20)7-8-22-29(25)26-16-32-11-9-27(26)35-28-6-3-10-33-30(28)34-31(22)35/h1-11,13,15-16H,12,14H2. The molecule has 4 heteroatoms. The minimum absolute atomic E-state index is 0.775. The summed E-state index contributed by atoms with van der Waals surface area (Å²) in [6.07, 6.45) is 7.65. The molecule has 7 aromatic rings. The van der Waals surface area contributed by atoms with Crippen LogP contribution in [0.1, 0.15) is 22.3 Å².